The monoisotopic (exact) mass is 405 g/mol. The fourth-order valence-corrected chi connectivity index (χ4v) is 2.99. The van der Waals surface area contributed by atoms with Crippen LogP contribution in [0, 0.1) is 15.9 Å². The van der Waals surface area contributed by atoms with Crippen LogP contribution in [0.2, 0.25) is 0 Å². The lowest BCUT2D eigenvalue weighted by Gasteiger charge is -2.18. The van der Waals surface area contributed by atoms with Crippen LogP contribution in [0.5, 0.6) is 5.75 Å². The molecule has 0 heterocycles. The molecule has 29 heavy (non-hydrogen) atoms. The fourth-order valence-electron chi connectivity index (χ4n) is 2.99. The summed E-state index contributed by atoms with van der Waals surface area (Å²) in [5.74, 6) is -1.43. The summed E-state index contributed by atoms with van der Waals surface area (Å²) in [5, 5.41) is 11.1. The summed E-state index contributed by atoms with van der Waals surface area (Å²) in [7, 11) is 0. The maximum atomic E-state index is 14.0. The standard InChI is InChI=1S/C21H15F4NO3/c22-17-9-5-10-18(26(27)28)16(17)13-29-19-11-4-8-15(20(19)21(23,24)25)12-14-6-2-1-3-7-14/h1-11H,12-13H2. The first-order valence-corrected chi connectivity index (χ1v) is 8.55. The summed E-state index contributed by atoms with van der Waals surface area (Å²) in [6.07, 6.45) is -4.70. The number of nitrogens with zero attached hydrogens (tertiary/aromatic N) is 1. The van der Waals surface area contributed by atoms with Crippen molar-refractivity contribution in [1.82, 2.24) is 0 Å². The number of nitro benzene ring substituents is 1. The zero-order chi connectivity index (χ0) is 21.0. The van der Waals surface area contributed by atoms with Crippen molar-refractivity contribution in [1.29, 1.82) is 0 Å². The van der Waals surface area contributed by atoms with Crippen molar-refractivity contribution in [2.45, 2.75) is 19.2 Å². The van der Waals surface area contributed by atoms with Gasteiger partial charge in [-0.1, -0.05) is 48.5 Å². The van der Waals surface area contributed by atoms with Gasteiger partial charge in [-0.2, -0.15) is 13.2 Å². The molecule has 3 aromatic carbocycles. The molecule has 8 heteroatoms. The molecule has 0 aliphatic carbocycles. The summed E-state index contributed by atoms with van der Waals surface area (Å²) in [6.45, 7) is -0.707. The molecule has 3 rings (SSSR count). The van der Waals surface area contributed by atoms with Gasteiger partial charge in [-0.15, -0.1) is 0 Å². The molecule has 0 aliphatic heterocycles. The molecule has 0 fully saturated rings. The summed E-state index contributed by atoms with van der Waals surface area (Å²) in [5.41, 5.74) is -1.29. The van der Waals surface area contributed by atoms with Crippen LogP contribution in [0.25, 0.3) is 0 Å². The Morgan fingerprint density at radius 3 is 2.28 bits per heavy atom. The number of alkyl halides is 3. The van der Waals surface area contributed by atoms with E-state index in [2.05, 4.69) is 0 Å². The number of benzene rings is 3. The molecular formula is C21H15F4NO3. The minimum atomic E-state index is -4.72. The zero-order valence-electron chi connectivity index (χ0n) is 14.9. The van der Waals surface area contributed by atoms with E-state index in [9.17, 15) is 27.7 Å². The van der Waals surface area contributed by atoms with Gasteiger partial charge < -0.3 is 4.74 Å². The number of rotatable bonds is 6. The van der Waals surface area contributed by atoms with Crippen molar-refractivity contribution < 1.29 is 27.2 Å². The van der Waals surface area contributed by atoms with Crippen molar-refractivity contribution in [3.63, 3.8) is 0 Å². The van der Waals surface area contributed by atoms with Gasteiger partial charge >= 0.3 is 6.18 Å². The number of halogens is 4. The minimum Gasteiger partial charge on any atom is -0.488 e. The van der Waals surface area contributed by atoms with E-state index in [4.69, 9.17) is 4.74 Å². The smallest absolute Gasteiger partial charge is 0.420 e. The van der Waals surface area contributed by atoms with E-state index in [1.165, 1.54) is 12.1 Å². The topological polar surface area (TPSA) is 52.4 Å². The molecule has 0 saturated carbocycles. The van der Waals surface area contributed by atoms with E-state index in [0.29, 0.717) is 5.56 Å². The molecule has 150 valence electrons. The lowest BCUT2D eigenvalue weighted by Crippen LogP contribution is -2.13. The van der Waals surface area contributed by atoms with Crippen LogP contribution >= 0.6 is 0 Å². The van der Waals surface area contributed by atoms with Gasteiger partial charge in [0.05, 0.1) is 4.92 Å². The van der Waals surface area contributed by atoms with Crippen molar-refractivity contribution in [2.24, 2.45) is 0 Å². The second-order valence-corrected chi connectivity index (χ2v) is 6.23. The van der Waals surface area contributed by atoms with Crippen molar-refractivity contribution in [3.8, 4) is 5.75 Å². The molecule has 3 aromatic rings. The summed E-state index contributed by atoms with van der Waals surface area (Å²) in [4.78, 5) is 10.3. The highest BCUT2D eigenvalue weighted by Crippen LogP contribution is 2.40. The van der Waals surface area contributed by atoms with Gasteiger partial charge in [0.15, 0.2) is 0 Å². The third-order valence-electron chi connectivity index (χ3n) is 4.30. The van der Waals surface area contributed by atoms with E-state index in [-0.39, 0.29) is 12.0 Å². The average molecular weight is 405 g/mol. The van der Waals surface area contributed by atoms with E-state index >= 15 is 0 Å². The first kappa shape index (κ1) is 20.3. The largest absolute Gasteiger partial charge is 0.488 e. The summed E-state index contributed by atoms with van der Waals surface area (Å²) >= 11 is 0. The number of ether oxygens (including phenoxy) is 1. The van der Waals surface area contributed by atoms with E-state index < -0.39 is 46.1 Å². The van der Waals surface area contributed by atoms with Crippen LogP contribution < -0.4 is 4.74 Å². The Labute approximate surface area is 163 Å². The van der Waals surface area contributed by atoms with Crippen LogP contribution in [0.1, 0.15) is 22.3 Å². The Bertz CT molecular complexity index is 1020. The quantitative estimate of drug-likeness (QED) is 0.290. The minimum absolute atomic E-state index is 0.00997. The van der Waals surface area contributed by atoms with Gasteiger partial charge in [-0.05, 0) is 29.7 Å². The Kier molecular flexibility index (Phi) is 5.81. The maximum absolute atomic E-state index is 14.0. The predicted octanol–water partition coefficient (Wildman–Crippen LogP) is 5.92. The molecule has 0 radical (unpaired) electrons. The van der Waals surface area contributed by atoms with E-state index in [1.807, 2.05) is 0 Å². The molecule has 0 aliphatic rings. The van der Waals surface area contributed by atoms with Crippen molar-refractivity contribution >= 4 is 5.69 Å². The zero-order valence-corrected chi connectivity index (χ0v) is 14.9. The van der Waals surface area contributed by atoms with Crippen LogP contribution in [0.15, 0.2) is 66.7 Å². The fraction of sp³-hybridized carbons (Fsp3) is 0.143. The van der Waals surface area contributed by atoms with Crippen LogP contribution in [-0.2, 0) is 19.2 Å². The molecular weight excluding hydrogens is 390 g/mol. The molecule has 0 N–H and O–H groups in total. The maximum Gasteiger partial charge on any atom is 0.420 e. The van der Waals surface area contributed by atoms with Gasteiger partial charge in [0.1, 0.15) is 29.3 Å². The summed E-state index contributed by atoms with van der Waals surface area (Å²) in [6, 6.07) is 15.7. The van der Waals surface area contributed by atoms with Crippen molar-refractivity contribution in [3.05, 3.63) is 105 Å². The second kappa shape index (κ2) is 8.30. The molecule has 4 nitrogen and oxygen atoms in total. The van der Waals surface area contributed by atoms with E-state index in [0.717, 1.165) is 24.3 Å². The molecule has 0 amide bonds. The Morgan fingerprint density at radius 2 is 1.62 bits per heavy atom. The first-order chi connectivity index (χ1) is 13.8. The molecule has 0 saturated heterocycles. The lowest BCUT2D eigenvalue weighted by molar-refractivity contribution is -0.386. The Balaban J connectivity index is 1.96. The third-order valence-corrected chi connectivity index (χ3v) is 4.30. The predicted molar refractivity (Wildman–Crippen MR) is 98.1 cm³/mol. The van der Waals surface area contributed by atoms with Gasteiger partial charge in [-0.3, -0.25) is 10.1 Å². The Hall–Kier alpha value is -3.42. The van der Waals surface area contributed by atoms with Gasteiger partial charge in [0.2, 0.25) is 0 Å². The van der Waals surface area contributed by atoms with E-state index in [1.54, 1.807) is 30.3 Å². The molecule has 0 bridgehead atoms. The Morgan fingerprint density at radius 1 is 0.931 bits per heavy atom. The van der Waals surface area contributed by atoms with Gasteiger partial charge in [-0.25, -0.2) is 4.39 Å². The first-order valence-electron chi connectivity index (χ1n) is 8.55. The van der Waals surface area contributed by atoms with Gasteiger partial charge in [0, 0.05) is 6.07 Å². The lowest BCUT2D eigenvalue weighted by atomic mass is 9.98. The number of nitro groups is 1. The molecule has 0 aromatic heterocycles. The van der Waals surface area contributed by atoms with Gasteiger partial charge in [0.25, 0.3) is 5.69 Å². The van der Waals surface area contributed by atoms with Crippen LogP contribution in [0.4, 0.5) is 23.2 Å². The highest BCUT2D eigenvalue weighted by atomic mass is 19.4. The third kappa shape index (κ3) is 4.71. The highest BCUT2D eigenvalue weighted by molar-refractivity contribution is 5.46. The average Bonchev–Trinajstić information content (AvgIpc) is 2.66. The second-order valence-electron chi connectivity index (χ2n) is 6.23. The molecule has 0 atom stereocenters. The van der Waals surface area contributed by atoms with Crippen LogP contribution in [0.3, 0.4) is 0 Å². The number of hydrogen-bond acceptors (Lipinski definition) is 3. The molecule has 0 spiro atoms. The van der Waals surface area contributed by atoms with Crippen LogP contribution in [-0.4, -0.2) is 4.92 Å². The SMILES string of the molecule is O=[N+]([O-])c1cccc(F)c1COc1cccc(Cc2ccccc2)c1C(F)(F)F. The highest BCUT2D eigenvalue weighted by Gasteiger charge is 2.37. The van der Waals surface area contributed by atoms with Crippen molar-refractivity contribution in [2.75, 3.05) is 0 Å². The molecule has 0 unspecified atom stereocenters. The summed E-state index contributed by atoms with van der Waals surface area (Å²) < 4.78 is 60.5. The number of hydrogen-bond donors (Lipinski definition) is 0. The normalized spacial score (nSPS) is 11.3.